The summed E-state index contributed by atoms with van der Waals surface area (Å²) >= 11 is 0. The zero-order chi connectivity index (χ0) is 46.3. The van der Waals surface area contributed by atoms with E-state index in [1.807, 2.05) is 0 Å². The van der Waals surface area contributed by atoms with Crippen LogP contribution in [0.3, 0.4) is 0 Å². The third-order valence-electron chi connectivity index (χ3n) is 11.1. The second-order valence-electron chi connectivity index (χ2n) is 17.2. The van der Waals surface area contributed by atoms with Crippen LogP contribution in [-0.2, 0) is 19.1 Å². The zero-order valence-corrected chi connectivity index (χ0v) is 41.5. The molecule has 5 nitrogen and oxygen atoms in total. The van der Waals surface area contributed by atoms with E-state index < -0.39 is 6.10 Å². The Morgan fingerprint density at radius 1 is 0.375 bits per heavy atom. The van der Waals surface area contributed by atoms with Gasteiger partial charge in [0, 0.05) is 12.8 Å². The van der Waals surface area contributed by atoms with Crippen molar-refractivity contribution in [3.05, 3.63) is 109 Å². The molecule has 1 unspecified atom stereocenters. The second-order valence-corrected chi connectivity index (χ2v) is 17.2. The van der Waals surface area contributed by atoms with Gasteiger partial charge in [-0.05, 0) is 77.0 Å². The molecule has 0 rings (SSSR count). The molecule has 0 aromatic heterocycles. The van der Waals surface area contributed by atoms with Gasteiger partial charge in [0.1, 0.15) is 6.61 Å². The Labute approximate surface area is 395 Å². The maximum Gasteiger partial charge on any atom is 0.306 e. The summed E-state index contributed by atoms with van der Waals surface area (Å²) in [4.78, 5) is 24.4. The molecule has 1 N–H and O–H groups in total. The van der Waals surface area contributed by atoms with E-state index in [1.165, 1.54) is 116 Å². The fourth-order valence-corrected chi connectivity index (χ4v) is 7.15. The van der Waals surface area contributed by atoms with Crippen LogP contribution in [0, 0.1) is 0 Å². The van der Waals surface area contributed by atoms with Gasteiger partial charge in [0.15, 0.2) is 6.10 Å². The molecule has 0 aliphatic heterocycles. The number of aliphatic hydroxyl groups excluding tert-OH is 1. The van der Waals surface area contributed by atoms with Crippen molar-refractivity contribution < 1.29 is 24.2 Å². The van der Waals surface area contributed by atoms with E-state index in [0.29, 0.717) is 12.8 Å². The van der Waals surface area contributed by atoms with Gasteiger partial charge in [-0.1, -0.05) is 252 Å². The highest BCUT2D eigenvalue weighted by Crippen LogP contribution is 2.16. The van der Waals surface area contributed by atoms with Crippen LogP contribution in [-0.4, -0.2) is 36.4 Å². The third kappa shape index (κ3) is 51.2. The SMILES string of the molecule is CC/C=C\C/C=C\C/C=C\C/C=C\C/C=C\C/C=C\C/C=C\C/C=C\C/C=C\CCCC(=O)OC(CO)COC(=O)CCCCCCCCCCCCCCCCCCCCCCC. The number of ether oxygens (including phenoxy) is 2. The second kappa shape index (κ2) is 53.9. The summed E-state index contributed by atoms with van der Waals surface area (Å²) in [5, 5.41) is 9.62. The molecule has 0 aliphatic carbocycles. The van der Waals surface area contributed by atoms with Crippen LogP contribution in [0.15, 0.2) is 109 Å². The standard InChI is InChI=1S/C59H98O5/c1-3-5-7-9-11-13-15-17-19-21-23-25-26-27-28-29-30-31-32-34-36-38-40-42-44-46-48-50-52-54-59(62)64-57(55-60)56-63-58(61)53-51-49-47-45-43-41-39-37-35-33-24-22-20-18-16-14-12-10-8-6-4-2/h5,7,11,13,17,19,23,25,27-28,30-31,34,36,40,42,46,48,57,60H,3-4,6,8-10,12,14-16,18,20-22,24,26,29,32-33,35,37-39,41,43-45,47,49-56H2,1-2H3/b7-5-,13-11-,19-17-,25-23-,28-27-,31-30-,36-34-,42-40-,48-46-. The number of aliphatic hydroxyl groups is 1. The van der Waals surface area contributed by atoms with Crippen molar-refractivity contribution in [3.63, 3.8) is 0 Å². The Balaban J connectivity index is 3.65. The minimum absolute atomic E-state index is 0.0930. The normalized spacial score (nSPS) is 13.1. The minimum atomic E-state index is -0.809. The van der Waals surface area contributed by atoms with Gasteiger partial charge in [0.2, 0.25) is 0 Å². The number of rotatable bonds is 47. The van der Waals surface area contributed by atoms with Crippen LogP contribution in [0.2, 0.25) is 0 Å². The van der Waals surface area contributed by atoms with Crippen LogP contribution in [0.4, 0.5) is 0 Å². The summed E-state index contributed by atoms with van der Waals surface area (Å²) in [7, 11) is 0. The van der Waals surface area contributed by atoms with Gasteiger partial charge in [-0.15, -0.1) is 0 Å². The lowest BCUT2D eigenvalue weighted by molar-refractivity contribution is -0.161. The maximum absolute atomic E-state index is 12.3. The van der Waals surface area contributed by atoms with Crippen molar-refractivity contribution in [3.8, 4) is 0 Å². The predicted molar refractivity (Wildman–Crippen MR) is 279 cm³/mol. The molecule has 0 spiro atoms. The van der Waals surface area contributed by atoms with E-state index in [0.717, 1.165) is 83.5 Å². The van der Waals surface area contributed by atoms with Crippen molar-refractivity contribution in [1.29, 1.82) is 0 Å². The van der Waals surface area contributed by atoms with E-state index in [1.54, 1.807) is 0 Å². The highest BCUT2D eigenvalue weighted by molar-refractivity contribution is 5.70. The molecule has 0 aromatic carbocycles. The lowest BCUT2D eigenvalue weighted by atomic mass is 10.0. The molecule has 0 heterocycles. The molecule has 0 saturated carbocycles. The number of carbonyl (C=O) groups is 2. The predicted octanol–water partition coefficient (Wildman–Crippen LogP) is 17.7. The number of carbonyl (C=O) groups excluding carboxylic acids is 2. The largest absolute Gasteiger partial charge is 0.462 e. The Bertz CT molecular complexity index is 1280. The molecular formula is C59H98O5. The van der Waals surface area contributed by atoms with Gasteiger partial charge in [-0.3, -0.25) is 9.59 Å². The Morgan fingerprint density at radius 3 is 1.00 bits per heavy atom. The smallest absolute Gasteiger partial charge is 0.306 e. The molecule has 364 valence electrons. The van der Waals surface area contributed by atoms with E-state index in [4.69, 9.17) is 9.47 Å². The quantitative estimate of drug-likeness (QED) is 0.0374. The van der Waals surface area contributed by atoms with Gasteiger partial charge >= 0.3 is 11.9 Å². The molecule has 0 amide bonds. The monoisotopic (exact) mass is 887 g/mol. The van der Waals surface area contributed by atoms with E-state index >= 15 is 0 Å². The fraction of sp³-hybridized carbons (Fsp3) is 0.661. The van der Waals surface area contributed by atoms with Gasteiger partial charge in [-0.25, -0.2) is 0 Å². The summed E-state index contributed by atoms with van der Waals surface area (Å²) in [6, 6.07) is 0. The zero-order valence-electron chi connectivity index (χ0n) is 41.5. The average molecular weight is 887 g/mol. The molecule has 5 heteroatoms. The number of unbranched alkanes of at least 4 members (excludes halogenated alkanes) is 21. The topological polar surface area (TPSA) is 72.8 Å². The Morgan fingerprint density at radius 2 is 0.672 bits per heavy atom. The highest BCUT2D eigenvalue weighted by Gasteiger charge is 2.16. The first kappa shape index (κ1) is 60.6. The highest BCUT2D eigenvalue weighted by atomic mass is 16.6. The number of esters is 2. The molecule has 64 heavy (non-hydrogen) atoms. The van der Waals surface area contributed by atoms with E-state index in [9.17, 15) is 14.7 Å². The summed E-state index contributed by atoms with van der Waals surface area (Å²) < 4.78 is 10.6. The number of hydrogen-bond donors (Lipinski definition) is 1. The van der Waals surface area contributed by atoms with Crippen molar-refractivity contribution in [2.45, 2.75) is 238 Å². The first-order chi connectivity index (χ1) is 31.6. The lowest BCUT2D eigenvalue weighted by Gasteiger charge is -2.15. The minimum Gasteiger partial charge on any atom is -0.462 e. The fourth-order valence-electron chi connectivity index (χ4n) is 7.15. The molecule has 0 bridgehead atoms. The molecule has 0 aromatic rings. The molecular weight excluding hydrogens is 789 g/mol. The molecule has 0 saturated heterocycles. The van der Waals surface area contributed by atoms with Gasteiger partial charge in [-0.2, -0.15) is 0 Å². The van der Waals surface area contributed by atoms with Crippen molar-refractivity contribution >= 4 is 11.9 Å². The summed E-state index contributed by atoms with van der Waals surface area (Å²) in [6.45, 7) is 3.99. The van der Waals surface area contributed by atoms with Gasteiger partial charge < -0.3 is 14.6 Å². The summed E-state index contributed by atoms with van der Waals surface area (Å²) in [5.41, 5.74) is 0. The molecule has 0 radical (unpaired) electrons. The lowest BCUT2D eigenvalue weighted by Crippen LogP contribution is -2.28. The first-order valence-corrected chi connectivity index (χ1v) is 26.4. The summed E-state index contributed by atoms with van der Waals surface area (Å²) in [5.74, 6) is -0.660. The van der Waals surface area contributed by atoms with E-state index in [-0.39, 0.29) is 31.6 Å². The van der Waals surface area contributed by atoms with Crippen molar-refractivity contribution in [2.75, 3.05) is 13.2 Å². The molecule has 0 fully saturated rings. The van der Waals surface area contributed by atoms with Crippen LogP contribution in [0.1, 0.15) is 232 Å². The summed E-state index contributed by atoms with van der Waals surface area (Å²) in [6.07, 6.45) is 77.6. The van der Waals surface area contributed by atoms with Crippen LogP contribution in [0.25, 0.3) is 0 Å². The Hall–Kier alpha value is -3.44. The Kier molecular flexibility index (Phi) is 51.0. The molecule has 0 aliphatic rings. The van der Waals surface area contributed by atoms with Crippen molar-refractivity contribution in [1.82, 2.24) is 0 Å². The van der Waals surface area contributed by atoms with Crippen LogP contribution in [0.5, 0.6) is 0 Å². The maximum atomic E-state index is 12.3. The van der Waals surface area contributed by atoms with Gasteiger partial charge in [0.05, 0.1) is 6.61 Å². The van der Waals surface area contributed by atoms with Crippen molar-refractivity contribution in [2.24, 2.45) is 0 Å². The third-order valence-corrected chi connectivity index (χ3v) is 11.1. The first-order valence-electron chi connectivity index (χ1n) is 26.4. The number of hydrogen-bond acceptors (Lipinski definition) is 5. The molecule has 1 atom stereocenters. The van der Waals surface area contributed by atoms with Crippen LogP contribution < -0.4 is 0 Å². The van der Waals surface area contributed by atoms with Crippen LogP contribution >= 0.6 is 0 Å². The average Bonchev–Trinajstić information content (AvgIpc) is 3.30. The van der Waals surface area contributed by atoms with Gasteiger partial charge in [0.25, 0.3) is 0 Å². The van der Waals surface area contributed by atoms with E-state index in [2.05, 4.69) is 123 Å². The number of allylic oxidation sites excluding steroid dienone is 18.